The van der Waals surface area contributed by atoms with Crippen LogP contribution in [0, 0.1) is 13.8 Å². The predicted molar refractivity (Wildman–Crippen MR) is 86.0 cm³/mol. The smallest absolute Gasteiger partial charge is 0.207 e. The maximum Gasteiger partial charge on any atom is 0.416 e. The Morgan fingerprint density at radius 2 is 1.58 bits per heavy atom. The first-order chi connectivity index (χ1) is 11.0. The molecule has 130 valence electrons. The van der Waals surface area contributed by atoms with Gasteiger partial charge in [0.1, 0.15) is 0 Å². The highest BCUT2D eigenvalue weighted by molar-refractivity contribution is 7.89. The molecule has 2 rings (SSSR count). The molecule has 0 aliphatic carbocycles. The summed E-state index contributed by atoms with van der Waals surface area (Å²) < 4.78 is 64.1. The minimum Gasteiger partial charge on any atom is -0.207 e. The lowest BCUT2D eigenvalue weighted by Crippen LogP contribution is -2.27. The summed E-state index contributed by atoms with van der Waals surface area (Å²) in [4.78, 5) is 0.197. The van der Waals surface area contributed by atoms with Crippen LogP contribution >= 0.6 is 0 Å². The zero-order valence-electron chi connectivity index (χ0n) is 13.6. The Bertz CT molecular complexity index is 828. The molecule has 0 heterocycles. The third kappa shape index (κ3) is 3.96. The van der Waals surface area contributed by atoms with E-state index in [0.717, 1.165) is 22.0 Å². The highest BCUT2D eigenvalue weighted by Crippen LogP contribution is 2.29. The summed E-state index contributed by atoms with van der Waals surface area (Å²) in [5, 5.41) is 0. The number of aryl methyl sites for hydroxylation is 2. The first-order valence-electron chi connectivity index (χ1n) is 7.21. The summed E-state index contributed by atoms with van der Waals surface area (Å²) in [5.74, 6) is 0. The van der Waals surface area contributed by atoms with Crippen LogP contribution in [-0.4, -0.2) is 19.8 Å². The van der Waals surface area contributed by atoms with Crippen molar-refractivity contribution in [2.75, 3.05) is 7.05 Å². The Labute approximate surface area is 139 Å². The molecule has 0 aliphatic rings. The topological polar surface area (TPSA) is 37.4 Å². The molecule has 0 unspecified atom stereocenters. The van der Waals surface area contributed by atoms with E-state index in [4.69, 9.17) is 0 Å². The molecule has 0 aliphatic heterocycles. The van der Waals surface area contributed by atoms with Gasteiger partial charge in [0.05, 0.1) is 10.5 Å². The van der Waals surface area contributed by atoms with Crippen molar-refractivity contribution >= 4 is 10.0 Å². The molecule has 0 saturated carbocycles. The van der Waals surface area contributed by atoms with E-state index < -0.39 is 21.8 Å². The second-order valence-corrected chi connectivity index (χ2v) is 7.74. The molecular formula is C17H18F3NO2S. The monoisotopic (exact) mass is 357 g/mol. The van der Waals surface area contributed by atoms with Gasteiger partial charge in [-0.15, -0.1) is 0 Å². The number of hydrogen-bond donors (Lipinski definition) is 0. The standard InChI is InChI=1S/C17H18F3NO2S/c1-12-4-9-16(13(2)10-12)24(22,23)21(3)11-14-5-7-15(8-6-14)17(18,19)20/h4-10H,11H2,1-3H3. The number of halogens is 3. The summed E-state index contributed by atoms with van der Waals surface area (Å²) in [5.41, 5.74) is 1.32. The van der Waals surface area contributed by atoms with Gasteiger partial charge in [0, 0.05) is 13.6 Å². The van der Waals surface area contributed by atoms with Crippen LogP contribution in [0.2, 0.25) is 0 Å². The second kappa shape index (κ2) is 6.57. The quantitative estimate of drug-likeness (QED) is 0.825. The van der Waals surface area contributed by atoms with Crippen molar-refractivity contribution in [2.45, 2.75) is 31.5 Å². The fraction of sp³-hybridized carbons (Fsp3) is 0.294. The molecule has 2 aromatic rings. The molecule has 0 spiro atoms. The first kappa shape index (κ1) is 18.5. The van der Waals surface area contributed by atoms with Gasteiger partial charge in [0.15, 0.2) is 0 Å². The van der Waals surface area contributed by atoms with E-state index in [1.807, 2.05) is 6.92 Å². The normalized spacial score (nSPS) is 12.6. The average molecular weight is 357 g/mol. The van der Waals surface area contributed by atoms with Gasteiger partial charge in [0.2, 0.25) is 10.0 Å². The van der Waals surface area contributed by atoms with Crippen molar-refractivity contribution in [1.82, 2.24) is 4.31 Å². The number of benzene rings is 2. The molecule has 7 heteroatoms. The molecule has 0 saturated heterocycles. The first-order valence-corrected chi connectivity index (χ1v) is 8.65. The molecule has 0 aromatic heterocycles. The number of nitrogens with zero attached hydrogens (tertiary/aromatic N) is 1. The van der Waals surface area contributed by atoms with Gasteiger partial charge in [-0.25, -0.2) is 8.42 Å². The minimum absolute atomic E-state index is 0.00616. The molecular weight excluding hydrogens is 339 g/mol. The summed E-state index contributed by atoms with van der Waals surface area (Å²) in [7, 11) is -2.30. The molecule has 0 radical (unpaired) electrons. The van der Waals surface area contributed by atoms with E-state index in [1.165, 1.54) is 19.2 Å². The average Bonchev–Trinajstić information content (AvgIpc) is 2.46. The third-order valence-corrected chi connectivity index (χ3v) is 5.67. The van der Waals surface area contributed by atoms with Crippen molar-refractivity contribution in [3.05, 3.63) is 64.7 Å². The van der Waals surface area contributed by atoms with E-state index in [-0.39, 0.29) is 11.4 Å². The van der Waals surface area contributed by atoms with Crippen molar-refractivity contribution < 1.29 is 21.6 Å². The van der Waals surface area contributed by atoms with Crippen LogP contribution in [0.3, 0.4) is 0 Å². The van der Waals surface area contributed by atoms with Crippen LogP contribution in [0.5, 0.6) is 0 Å². The van der Waals surface area contributed by atoms with Gasteiger partial charge in [-0.3, -0.25) is 0 Å². The maximum atomic E-state index is 12.6. The van der Waals surface area contributed by atoms with Crippen LogP contribution in [0.15, 0.2) is 47.4 Å². The van der Waals surface area contributed by atoms with Gasteiger partial charge < -0.3 is 0 Å². The van der Waals surface area contributed by atoms with Crippen LogP contribution < -0.4 is 0 Å². The lowest BCUT2D eigenvalue weighted by Gasteiger charge is -2.19. The Kier molecular flexibility index (Phi) is 5.05. The van der Waals surface area contributed by atoms with Crippen LogP contribution in [0.25, 0.3) is 0 Å². The van der Waals surface area contributed by atoms with Gasteiger partial charge in [-0.1, -0.05) is 29.8 Å². The molecule has 2 aromatic carbocycles. The van der Waals surface area contributed by atoms with Crippen LogP contribution in [0.1, 0.15) is 22.3 Å². The number of rotatable bonds is 4. The molecule has 0 N–H and O–H groups in total. The van der Waals surface area contributed by atoms with Crippen LogP contribution in [0.4, 0.5) is 13.2 Å². The Hall–Kier alpha value is -1.86. The summed E-state index contributed by atoms with van der Waals surface area (Å²) in [6.07, 6.45) is -4.41. The van der Waals surface area contributed by atoms with Crippen molar-refractivity contribution in [3.8, 4) is 0 Å². The van der Waals surface area contributed by atoms with Gasteiger partial charge in [-0.05, 0) is 43.2 Å². The molecule has 3 nitrogen and oxygen atoms in total. The van der Waals surface area contributed by atoms with E-state index in [9.17, 15) is 21.6 Å². The molecule has 0 amide bonds. The Morgan fingerprint density at radius 1 is 1.00 bits per heavy atom. The number of sulfonamides is 1. The predicted octanol–water partition coefficient (Wildman–Crippen LogP) is 4.14. The lowest BCUT2D eigenvalue weighted by molar-refractivity contribution is -0.137. The zero-order chi connectivity index (χ0) is 18.1. The Morgan fingerprint density at radius 3 is 2.08 bits per heavy atom. The van der Waals surface area contributed by atoms with E-state index in [0.29, 0.717) is 11.1 Å². The van der Waals surface area contributed by atoms with Crippen molar-refractivity contribution in [2.24, 2.45) is 0 Å². The van der Waals surface area contributed by atoms with E-state index >= 15 is 0 Å². The van der Waals surface area contributed by atoms with E-state index in [2.05, 4.69) is 0 Å². The maximum absolute atomic E-state index is 12.6. The fourth-order valence-corrected chi connectivity index (χ4v) is 3.76. The largest absolute Gasteiger partial charge is 0.416 e. The molecule has 0 fully saturated rings. The second-order valence-electron chi connectivity index (χ2n) is 5.72. The number of hydrogen-bond acceptors (Lipinski definition) is 2. The van der Waals surface area contributed by atoms with Gasteiger partial charge in [0.25, 0.3) is 0 Å². The molecule has 0 bridgehead atoms. The summed E-state index contributed by atoms with van der Waals surface area (Å²) in [6.45, 7) is 3.58. The van der Waals surface area contributed by atoms with Crippen LogP contribution in [-0.2, 0) is 22.7 Å². The van der Waals surface area contributed by atoms with Crippen molar-refractivity contribution in [3.63, 3.8) is 0 Å². The SMILES string of the molecule is Cc1ccc(S(=O)(=O)N(C)Cc2ccc(C(F)(F)F)cc2)c(C)c1. The third-order valence-electron chi connectivity index (χ3n) is 3.71. The summed E-state index contributed by atoms with van der Waals surface area (Å²) >= 11 is 0. The van der Waals surface area contributed by atoms with Gasteiger partial charge >= 0.3 is 6.18 Å². The highest BCUT2D eigenvalue weighted by atomic mass is 32.2. The van der Waals surface area contributed by atoms with Crippen molar-refractivity contribution in [1.29, 1.82) is 0 Å². The Balaban J connectivity index is 2.23. The fourth-order valence-electron chi connectivity index (χ4n) is 2.40. The highest BCUT2D eigenvalue weighted by Gasteiger charge is 2.30. The lowest BCUT2D eigenvalue weighted by atomic mass is 10.1. The minimum atomic E-state index is -4.41. The van der Waals surface area contributed by atoms with E-state index in [1.54, 1.807) is 25.1 Å². The number of alkyl halides is 3. The zero-order valence-corrected chi connectivity index (χ0v) is 14.4. The van der Waals surface area contributed by atoms with Gasteiger partial charge in [-0.2, -0.15) is 17.5 Å². The molecule has 0 atom stereocenters. The summed E-state index contributed by atoms with van der Waals surface area (Å²) in [6, 6.07) is 9.52. The molecule has 24 heavy (non-hydrogen) atoms.